The molecule has 1 N–H and O–H groups in total. The Labute approximate surface area is 151 Å². The van der Waals surface area contributed by atoms with Crippen molar-refractivity contribution in [2.45, 2.75) is 6.42 Å². The third-order valence-corrected chi connectivity index (χ3v) is 4.98. The van der Waals surface area contributed by atoms with Gasteiger partial charge < -0.3 is 0 Å². The number of carbonyl (C=O) groups excluding carboxylic acids is 1. The summed E-state index contributed by atoms with van der Waals surface area (Å²) in [5.74, 6) is -0.246. The molecule has 0 bridgehead atoms. The third kappa shape index (κ3) is 4.82. The molecule has 0 unspecified atom stereocenters. The number of aromatic nitrogens is 1. The summed E-state index contributed by atoms with van der Waals surface area (Å²) in [5.41, 5.74) is 0.891. The van der Waals surface area contributed by atoms with E-state index in [2.05, 4.69) is 10.3 Å². The zero-order valence-corrected chi connectivity index (χ0v) is 14.5. The number of carbonyl (C=O) groups is 1. The first-order chi connectivity index (χ1) is 12.1. The second-order valence-corrected chi connectivity index (χ2v) is 7.17. The zero-order valence-electron chi connectivity index (χ0n) is 12.9. The summed E-state index contributed by atoms with van der Waals surface area (Å²) in [5, 5.41) is 16.0. The molecule has 0 fully saturated rings. The van der Waals surface area contributed by atoms with Crippen LogP contribution in [0.4, 0.5) is 10.8 Å². The highest BCUT2D eigenvalue weighted by molar-refractivity contribution is 7.15. The number of nitrogens with zero attached hydrogens (tertiary/aromatic N) is 2. The van der Waals surface area contributed by atoms with Crippen molar-refractivity contribution in [1.82, 2.24) is 4.98 Å². The van der Waals surface area contributed by atoms with E-state index in [0.717, 1.165) is 15.3 Å². The second kappa shape index (κ2) is 7.82. The molecule has 0 atom stereocenters. The van der Waals surface area contributed by atoms with Crippen molar-refractivity contribution in [3.8, 4) is 0 Å². The molecule has 0 radical (unpaired) electrons. The van der Waals surface area contributed by atoms with Crippen molar-refractivity contribution in [2.24, 2.45) is 0 Å². The number of hydrogen-bond donors (Lipinski definition) is 1. The quantitative estimate of drug-likeness (QED) is 0.396. The molecule has 1 amide bonds. The van der Waals surface area contributed by atoms with Gasteiger partial charge in [0.2, 0.25) is 5.91 Å². The minimum Gasteiger partial charge on any atom is -0.298 e. The van der Waals surface area contributed by atoms with Crippen LogP contribution in [0.2, 0.25) is 0 Å². The molecular formula is C17H13N3O3S2. The van der Waals surface area contributed by atoms with Crippen LogP contribution in [0.3, 0.4) is 0 Å². The zero-order chi connectivity index (χ0) is 17.6. The molecule has 6 nitrogen and oxygen atoms in total. The van der Waals surface area contributed by atoms with E-state index in [4.69, 9.17) is 0 Å². The van der Waals surface area contributed by atoms with Gasteiger partial charge in [-0.15, -0.1) is 22.7 Å². The van der Waals surface area contributed by atoms with Crippen molar-refractivity contribution < 1.29 is 9.72 Å². The summed E-state index contributed by atoms with van der Waals surface area (Å²) < 4.78 is 0. The molecule has 3 rings (SSSR count). The number of rotatable bonds is 6. The normalized spacial score (nSPS) is 10.9. The van der Waals surface area contributed by atoms with Gasteiger partial charge in [0.1, 0.15) is 0 Å². The van der Waals surface area contributed by atoms with E-state index in [0.29, 0.717) is 11.6 Å². The Morgan fingerprint density at radius 2 is 2.20 bits per heavy atom. The van der Waals surface area contributed by atoms with Crippen LogP contribution in [0.5, 0.6) is 0 Å². The molecule has 1 aromatic carbocycles. The van der Waals surface area contributed by atoms with E-state index in [1.807, 2.05) is 23.6 Å². The van der Waals surface area contributed by atoms with Gasteiger partial charge >= 0.3 is 0 Å². The number of anilines is 1. The topological polar surface area (TPSA) is 85.1 Å². The van der Waals surface area contributed by atoms with E-state index in [9.17, 15) is 14.9 Å². The van der Waals surface area contributed by atoms with Crippen molar-refractivity contribution in [2.75, 3.05) is 5.32 Å². The fourth-order valence-electron chi connectivity index (χ4n) is 2.12. The number of hydrogen-bond acceptors (Lipinski definition) is 6. The van der Waals surface area contributed by atoms with Gasteiger partial charge in [0.25, 0.3) is 5.69 Å². The number of benzene rings is 1. The van der Waals surface area contributed by atoms with Crippen LogP contribution < -0.4 is 5.32 Å². The fraction of sp³-hybridized carbons (Fsp3) is 0.0588. The third-order valence-electron chi connectivity index (χ3n) is 3.23. The van der Waals surface area contributed by atoms with Crippen molar-refractivity contribution in [3.63, 3.8) is 0 Å². The van der Waals surface area contributed by atoms with Crippen LogP contribution in [0.1, 0.15) is 15.3 Å². The fourth-order valence-corrected chi connectivity index (χ4v) is 3.59. The molecule has 0 spiro atoms. The van der Waals surface area contributed by atoms with Crippen molar-refractivity contribution >= 4 is 45.5 Å². The van der Waals surface area contributed by atoms with E-state index < -0.39 is 4.92 Å². The Hall–Kier alpha value is -2.84. The molecule has 2 aromatic heterocycles. The average molecular weight is 371 g/mol. The number of non-ortho nitro benzene ring substituents is 1. The van der Waals surface area contributed by atoms with Crippen LogP contribution in [0.15, 0.2) is 54.1 Å². The predicted octanol–water partition coefficient (Wildman–Crippen LogP) is 4.36. The van der Waals surface area contributed by atoms with Crippen LogP contribution >= 0.6 is 22.7 Å². The molecule has 2 heterocycles. The number of thiophene rings is 1. The van der Waals surface area contributed by atoms with Gasteiger partial charge in [-0.1, -0.05) is 18.2 Å². The van der Waals surface area contributed by atoms with Crippen LogP contribution in [-0.4, -0.2) is 15.8 Å². The summed E-state index contributed by atoms with van der Waals surface area (Å²) in [6.07, 6.45) is 5.41. The van der Waals surface area contributed by atoms with Crippen LogP contribution in [0.25, 0.3) is 6.08 Å². The molecule has 3 aromatic rings. The Balaban J connectivity index is 1.61. The summed E-state index contributed by atoms with van der Waals surface area (Å²) in [7, 11) is 0. The van der Waals surface area contributed by atoms with Gasteiger partial charge in [0.05, 0.1) is 4.92 Å². The number of amides is 1. The van der Waals surface area contributed by atoms with Crippen LogP contribution in [0, 0.1) is 10.1 Å². The Morgan fingerprint density at radius 3 is 2.96 bits per heavy atom. The molecule has 0 aliphatic carbocycles. The largest absolute Gasteiger partial charge is 0.298 e. The summed E-state index contributed by atoms with van der Waals surface area (Å²) in [6, 6.07) is 10.3. The lowest BCUT2D eigenvalue weighted by Gasteiger charge is -1.98. The Morgan fingerprint density at radius 1 is 1.32 bits per heavy atom. The number of thiazole rings is 1. The average Bonchev–Trinajstić information content (AvgIpc) is 3.25. The molecule has 126 valence electrons. The predicted molar refractivity (Wildman–Crippen MR) is 100.0 cm³/mol. The Bertz CT molecular complexity index is 917. The Kier molecular flexibility index (Phi) is 5.32. The monoisotopic (exact) mass is 371 g/mol. The number of nitro groups is 1. The first-order valence-electron chi connectivity index (χ1n) is 7.31. The molecule has 0 saturated carbocycles. The van der Waals surface area contributed by atoms with Crippen molar-refractivity contribution in [3.05, 3.63) is 79.5 Å². The molecule has 8 heteroatoms. The molecule has 0 saturated heterocycles. The van der Waals surface area contributed by atoms with Gasteiger partial charge in [0.15, 0.2) is 5.13 Å². The maximum atomic E-state index is 11.9. The summed E-state index contributed by atoms with van der Waals surface area (Å²) in [4.78, 5) is 28.4. The minimum atomic E-state index is -0.415. The number of nitrogens with one attached hydrogen (secondary N) is 1. The molecule has 0 aliphatic heterocycles. The maximum Gasteiger partial charge on any atom is 0.269 e. The van der Waals surface area contributed by atoms with Gasteiger partial charge in [0, 0.05) is 40.6 Å². The van der Waals surface area contributed by atoms with Crippen molar-refractivity contribution in [1.29, 1.82) is 0 Å². The lowest BCUT2D eigenvalue weighted by Crippen LogP contribution is -2.06. The van der Waals surface area contributed by atoms with E-state index in [1.54, 1.807) is 35.7 Å². The van der Waals surface area contributed by atoms with E-state index in [1.165, 1.54) is 23.5 Å². The SMILES string of the molecule is O=C(/C=C/c1cccs1)Nc1ncc(Cc2cccc([N+](=O)[O-])c2)s1. The number of nitro benzene ring substituents is 1. The van der Waals surface area contributed by atoms with Gasteiger partial charge in [-0.3, -0.25) is 20.2 Å². The first-order valence-corrected chi connectivity index (χ1v) is 9.00. The summed E-state index contributed by atoms with van der Waals surface area (Å²) in [6.45, 7) is 0. The highest BCUT2D eigenvalue weighted by atomic mass is 32.1. The minimum absolute atomic E-state index is 0.0641. The summed E-state index contributed by atoms with van der Waals surface area (Å²) >= 11 is 2.90. The van der Waals surface area contributed by atoms with Crippen LogP contribution in [-0.2, 0) is 11.2 Å². The van der Waals surface area contributed by atoms with E-state index >= 15 is 0 Å². The smallest absolute Gasteiger partial charge is 0.269 e. The van der Waals surface area contributed by atoms with Gasteiger partial charge in [-0.25, -0.2) is 4.98 Å². The first kappa shape index (κ1) is 17.0. The lowest BCUT2D eigenvalue weighted by atomic mass is 10.1. The van der Waals surface area contributed by atoms with Gasteiger partial charge in [-0.05, 0) is 23.1 Å². The van der Waals surface area contributed by atoms with E-state index in [-0.39, 0.29) is 11.6 Å². The molecule has 25 heavy (non-hydrogen) atoms. The lowest BCUT2D eigenvalue weighted by molar-refractivity contribution is -0.384. The second-order valence-electron chi connectivity index (χ2n) is 5.07. The maximum absolute atomic E-state index is 11.9. The molecule has 0 aliphatic rings. The standard InChI is InChI=1S/C17H13N3O3S2/c21-16(7-6-14-5-2-8-24-14)19-17-18-11-15(25-17)10-12-3-1-4-13(9-12)20(22)23/h1-9,11H,10H2,(H,18,19,21)/b7-6+. The highest BCUT2D eigenvalue weighted by Crippen LogP contribution is 2.23. The highest BCUT2D eigenvalue weighted by Gasteiger charge is 2.09. The molecular weight excluding hydrogens is 358 g/mol. The van der Waals surface area contributed by atoms with Gasteiger partial charge in [-0.2, -0.15) is 0 Å².